The summed E-state index contributed by atoms with van der Waals surface area (Å²) >= 11 is 0. The van der Waals surface area contributed by atoms with Gasteiger partial charge in [-0.2, -0.15) is 0 Å². The van der Waals surface area contributed by atoms with E-state index < -0.39 is 11.1 Å². The molecule has 2 saturated heterocycles. The van der Waals surface area contributed by atoms with Crippen molar-refractivity contribution < 1.29 is 28.7 Å². The molecule has 5 atom stereocenters. The Bertz CT molecular complexity index is 629. The third-order valence-corrected chi connectivity index (χ3v) is 4.69. The number of carbonyl (C=O) groups excluding carboxylic acids is 1. The summed E-state index contributed by atoms with van der Waals surface area (Å²) in [6.45, 7) is 0.638. The topological polar surface area (TPSA) is 97.1 Å². The number of nitrogens with zero attached hydrogens (tertiary/aromatic N) is 1. The first kappa shape index (κ1) is 14.4. The molecule has 1 aromatic carbocycles. The number of nitro groups is 1. The predicted octanol–water partition coefficient (Wildman–Crippen LogP) is 2.26. The number of carbonyl (C=O) groups is 1. The molecule has 122 valence electrons. The molecule has 3 fully saturated rings. The Morgan fingerprint density at radius 1 is 1.26 bits per heavy atom. The molecule has 3 aliphatic rings. The summed E-state index contributed by atoms with van der Waals surface area (Å²) in [5.41, 5.74) is -0.0700. The van der Waals surface area contributed by atoms with Gasteiger partial charge < -0.3 is 18.9 Å². The minimum Gasteiger partial charge on any atom is -0.428 e. The van der Waals surface area contributed by atoms with Crippen LogP contribution in [-0.4, -0.2) is 36.2 Å². The summed E-state index contributed by atoms with van der Waals surface area (Å²) in [5, 5.41) is 10.6. The van der Waals surface area contributed by atoms with Gasteiger partial charge in [-0.15, -0.1) is 0 Å². The van der Waals surface area contributed by atoms with E-state index in [0.29, 0.717) is 24.9 Å². The van der Waals surface area contributed by atoms with Crippen LogP contribution in [0.25, 0.3) is 0 Å². The van der Waals surface area contributed by atoms with Gasteiger partial charge in [0.05, 0.1) is 17.6 Å². The number of rotatable bonds is 3. The Hall–Kier alpha value is -2.19. The van der Waals surface area contributed by atoms with Crippen molar-refractivity contribution in [1.29, 1.82) is 0 Å². The van der Waals surface area contributed by atoms with Crippen LogP contribution >= 0.6 is 0 Å². The van der Waals surface area contributed by atoms with Gasteiger partial charge in [0.1, 0.15) is 11.9 Å². The molecular weight excluding hydrogens is 306 g/mol. The summed E-state index contributed by atoms with van der Waals surface area (Å²) in [7, 11) is 0. The van der Waals surface area contributed by atoms with Crippen LogP contribution in [-0.2, 0) is 14.2 Å². The molecule has 2 bridgehead atoms. The molecule has 8 nitrogen and oxygen atoms in total. The van der Waals surface area contributed by atoms with E-state index in [0.717, 1.165) is 6.42 Å². The molecular formula is C15H15NO7. The van der Waals surface area contributed by atoms with Gasteiger partial charge in [0.25, 0.3) is 5.69 Å². The highest BCUT2D eigenvalue weighted by Crippen LogP contribution is 2.47. The highest BCUT2D eigenvalue weighted by molar-refractivity contribution is 5.64. The van der Waals surface area contributed by atoms with E-state index >= 15 is 0 Å². The van der Waals surface area contributed by atoms with Crippen molar-refractivity contribution in [3.05, 3.63) is 34.4 Å². The summed E-state index contributed by atoms with van der Waals surface area (Å²) in [4.78, 5) is 22.0. The molecule has 4 rings (SSSR count). The molecule has 1 saturated carbocycles. The molecule has 1 aromatic rings. The Morgan fingerprint density at radius 3 is 2.78 bits per heavy atom. The van der Waals surface area contributed by atoms with Crippen LogP contribution in [0.2, 0.25) is 0 Å². The Kier molecular flexibility index (Phi) is 3.42. The van der Waals surface area contributed by atoms with Crippen LogP contribution in [0, 0.1) is 22.0 Å². The number of hydrogen-bond acceptors (Lipinski definition) is 7. The molecule has 0 N–H and O–H groups in total. The van der Waals surface area contributed by atoms with Crippen molar-refractivity contribution in [2.45, 2.75) is 31.3 Å². The molecule has 0 amide bonds. The highest BCUT2D eigenvalue weighted by atomic mass is 16.7. The van der Waals surface area contributed by atoms with E-state index in [-0.39, 0.29) is 29.9 Å². The zero-order valence-corrected chi connectivity index (χ0v) is 12.1. The van der Waals surface area contributed by atoms with Gasteiger partial charge in [0.15, 0.2) is 6.29 Å². The van der Waals surface area contributed by atoms with Crippen LogP contribution in [0.5, 0.6) is 5.75 Å². The maximum atomic E-state index is 11.9. The van der Waals surface area contributed by atoms with Gasteiger partial charge in [-0.05, 0) is 30.9 Å². The number of nitro benzene ring substituents is 1. The first-order chi connectivity index (χ1) is 11.1. The van der Waals surface area contributed by atoms with E-state index in [1.807, 2.05) is 0 Å². The van der Waals surface area contributed by atoms with Crippen LogP contribution in [0.4, 0.5) is 10.5 Å². The average Bonchev–Trinajstić information content (AvgIpc) is 3.06. The Balaban J connectivity index is 1.36. The number of benzene rings is 1. The lowest BCUT2D eigenvalue weighted by atomic mass is 9.80. The zero-order chi connectivity index (χ0) is 16.0. The smallest absolute Gasteiger partial charge is 0.428 e. The molecule has 0 aromatic heterocycles. The molecule has 0 spiro atoms. The summed E-state index contributed by atoms with van der Waals surface area (Å²) in [6.07, 6.45) is 0.0759. The Morgan fingerprint density at radius 2 is 2.04 bits per heavy atom. The lowest BCUT2D eigenvalue weighted by molar-refractivity contribution is -0.384. The number of ether oxygens (including phenoxy) is 4. The normalized spacial score (nSPS) is 34.2. The number of fused-ring (bicyclic) bond motifs is 1. The SMILES string of the molecule is O=C(Oc1ccc([N+](=O)[O-])cc1)OC1C[C@@H]2CO[C@@H]3OC1C[C@H]23. The van der Waals surface area contributed by atoms with E-state index in [2.05, 4.69) is 0 Å². The number of hydrogen-bond donors (Lipinski definition) is 0. The highest BCUT2D eigenvalue weighted by Gasteiger charge is 2.54. The van der Waals surface area contributed by atoms with Crippen molar-refractivity contribution in [1.82, 2.24) is 0 Å². The van der Waals surface area contributed by atoms with Gasteiger partial charge in [-0.1, -0.05) is 0 Å². The first-order valence-electron chi connectivity index (χ1n) is 7.50. The zero-order valence-electron chi connectivity index (χ0n) is 12.1. The fourth-order valence-corrected chi connectivity index (χ4v) is 3.56. The minimum absolute atomic E-state index is 0.0700. The van der Waals surface area contributed by atoms with Crippen LogP contribution in [0.1, 0.15) is 12.8 Å². The van der Waals surface area contributed by atoms with Crippen LogP contribution in [0.15, 0.2) is 24.3 Å². The van der Waals surface area contributed by atoms with Crippen molar-refractivity contribution in [3.63, 3.8) is 0 Å². The fourth-order valence-electron chi connectivity index (χ4n) is 3.56. The maximum absolute atomic E-state index is 11.9. The minimum atomic E-state index is -0.824. The second-order valence-corrected chi connectivity index (χ2v) is 6.03. The van der Waals surface area contributed by atoms with E-state index in [1.54, 1.807) is 0 Å². The summed E-state index contributed by atoms with van der Waals surface area (Å²) < 4.78 is 21.7. The third-order valence-electron chi connectivity index (χ3n) is 4.69. The Labute approximate surface area is 131 Å². The van der Waals surface area contributed by atoms with Crippen molar-refractivity contribution >= 4 is 11.8 Å². The molecule has 2 aliphatic heterocycles. The summed E-state index contributed by atoms with van der Waals surface area (Å²) in [5.74, 6) is 0.966. The molecule has 2 heterocycles. The largest absolute Gasteiger partial charge is 0.514 e. The second kappa shape index (κ2) is 5.47. The van der Waals surface area contributed by atoms with E-state index in [4.69, 9.17) is 18.9 Å². The van der Waals surface area contributed by atoms with Crippen LogP contribution in [0.3, 0.4) is 0 Å². The predicted molar refractivity (Wildman–Crippen MR) is 74.8 cm³/mol. The maximum Gasteiger partial charge on any atom is 0.514 e. The van der Waals surface area contributed by atoms with Gasteiger partial charge >= 0.3 is 6.16 Å². The second-order valence-electron chi connectivity index (χ2n) is 6.03. The van der Waals surface area contributed by atoms with E-state index in [1.165, 1.54) is 24.3 Å². The lowest BCUT2D eigenvalue weighted by Crippen LogP contribution is -2.38. The third kappa shape index (κ3) is 2.64. The van der Waals surface area contributed by atoms with E-state index in [9.17, 15) is 14.9 Å². The van der Waals surface area contributed by atoms with Gasteiger partial charge in [0.2, 0.25) is 0 Å². The molecule has 23 heavy (non-hydrogen) atoms. The van der Waals surface area contributed by atoms with Gasteiger partial charge in [-0.25, -0.2) is 4.79 Å². The first-order valence-corrected chi connectivity index (χ1v) is 7.50. The fraction of sp³-hybridized carbons (Fsp3) is 0.533. The molecule has 0 radical (unpaired) electrons. The molecule has 8 heteroatoms. The van der Waals surface area contributed by atoms with Gasteiger partial charge in [0, 0.05) is 18.1 Å². The van der Waals surface area contributed by atoms with Crippen LogP contribution < -0.4 is 4.74 Å². The average molecular weight is 321 g/mol. The molecule has 2 unspecified atom stereocenters. The standard InChI is InChI=1S/C15H15NO7/c17-15(21-10-3-1-9(2-4-10)16(18)19)23-12-5-8-7-20-14-11(8)6-13(12)22-14/h1-4,8,11-14H,5-7H2/t8-,11-,12?,13?,14-/m1/s1. The summed E-state index contributed by atoms with van der Waals surface area (Å²) in [6, 6.07) is 5.25. The van der Waals surface area contributed by atoms with Crippen molar-refractivity contribution in [2.75, 3.05) is 6.61 Å². The number of non-ortho nitro benzene ring substituents is 1. The van der Waals surface area contributed by atoms with Crippen molar-refractivity contribution in [3.8, 4) is 5.75 Å². The van der Waals surface area contributed by atoms with Crippen molar-refractivity contribution in [2.24, 2.45) is 11.8 Å². The quantitative estimate of drug-likeness (QED) is 0.364. The monoisotopic (exact) mass is 321 g/mol. The molecule has 1 aliphatic carbocycles. The lowest BCUT2D eigenvalue weighted by Gasteiger charge is -2.30. The van der Waals surface area contributed by atoms with Gasteiger partial charge in [-0.3, -0.25) is 10.1 Å².